The first-order valence-electron chi connectivity index (χ1n) is 6.33. The molecule has 1 unspecified atom stereocenters. The van der Waals surface area contributed by atoms with E-state index in [9.17, 15) is 4.79 Å². The fraction of sp³-hybridized carbons (Fsp3) is 0.500. The quantitative estimate of drug-likeness (QED) is 0.753. The van der Waals surface area contributed by atoms with Gasteiger partial charge in [0, 0.05) is 17.4 Å². The number of rotatable bonds is 1. The van der Waals surface area contributed by atoms with E-state index < -0.39 is 5.41 Å². The van der Waals surface area contributed by atoms with Gasteiger partial charge in [-0.05, 0) is 23.0 Å². The number of benzene rings is 1. The summed E-state index contributed by atoms with van der Waals surface area (Å²) in [7, 11) is 0. The number of fused-ring (bicyclic) bond motifs is 1. The van der Waals surface area contributed by atoms with Crippen LogP contribution < -0.4 is 0 Å². The van der Waals surface area contributed by atoms with E-state index in [2.05, 4.69) is 32.9 Å². The van der Waals surface area contributed by atoms with Crippen LogP contribution in [0.4, 0.5) is 0 Å². The summed E-state index contributed by atoms with van der Waals surface area (Å²) in [5.74, 6) is 0.125. The lowest BCUT2D eigenvalue weighted by Gasteiger charge is -2.19. The molecule has 1 aromatic rings. The van der Waals surface area contributed by atoms with Crippen molar-refractivity contribution in [2.45, 2.75) is 46.0 Å². The van der Waals surface area contributed by atoms with Crippen LogP contribution in [-0.4, -0.2) is 5.78 Å². The zero-order valence-electron chi connectivity index (χ0n) is 11.5. The van der Waals surface area contributed by atoms with Crippen LogP contribution in [0, 0.1) is 16.7 Å². The van der Waals surface area contributed by atoms with Gasteiger partial charge in [0.15, 0.2) is 5.78 Å². The molecule has 0 radical (unpaired) electrons. The molecule has 0 amide bonds. The molecule has 0 aliphatic heterocycles. The van der Waals surface area contributed by atoms with Crippen molar-refractivity contribution in [3.63, 3.8) is 0 Å². The lowest BCUT2D eigenvalue weighted by atomic mass is 9.83. The minimum atomic E-state index is -0.520. The molecule has 0 bridgehead atoms. The van der Waals surface area contributed by atoms with E-state index in [0.29, 0.717) is 12.8 Å². The molecule has 1 aromatic carbocycles. The van der Waals surface area contributed by atoms with Crippen LogP contribution in [0.25, 0.3) is 0 Å². The van der Waals surface area contributed by atoms with Crippen LogP contribution >= 0.6 is 0 Å². The van der Waals surface area contributed by atoms with E-state index in [-0.39, 0.29) is 11.2 Å². The molecule has 0 heterocycles. The molecule has 2 rings (SSSR count). The van der Waals surface area contributed by atoms with Gasteiger partial charge in [-0.25, -0.2) is 0 Å². The second-order valence-electron chi connectivity index (χ2n) is 6.52. The van der Waals surface area contributed by atoms with Gasteiger partial charge in [0.2, 0.25) is 0 Å². The summed E-state index contributed by atoms with van der Waals surface area (Å²) in [4.78, 5) is 12.3. The van der Waals surface area contributed by atoms with Crippen LogP contribution in [0.1, 0.15) is 55.6 Å². The first-order chi connectivity index (χ1) is 8.28. The number of nitrogens with zero attached hydrogens (tertiary/aromatic N) is 1. The Morgan fingerprint density at radius 1 is 1.39 bits per heavy atom. The molecule has 94 valence electrons. The standard InChI is InChI=1S/C16H19NO/c1-15(2,3)12-5-6-13-11(9-12)10-16(4,7-8-17)14(13)18/h5-6,9H,7,10H2,1-4H3. The fourth-order valence-corrected chi connectivity index (χ4v) is 2.57. The van der Waals surface area contributed by atoms with E-state index >= 15 is 0 Å². The highest BCUT2D eigenvalue weighted by Crippen LogP contribution is 2.40. The summed E-state index contributed by atoms with van der Waals surface area (Å²) in [6.45, 7) is 8.40. The first kappa shape index (κ1) is 12.8. The average Bonchev–Trinajstić information content (AvgIpc) is 2.50. The Hall–Kier alpha value is -1.62. The molecule has 0 N–H and O–H groups in total. The number of hydrogen-bond donors (Lipinski definition) is 0. The molecule has 0 aromatic heterocycles. The van der Waals surface area contributed by atoms with Crippen molar-refractivity contribution in [3.05, 3.63) is 34.9 Å². The molecule has 0 saturated carbocycles. The molecule has 18 heavy (non-hydrogen) atoms. The number of carbonyl (C=O) groups excluding carboxylic acids is 1. The molecule has 1 aliphatic carbocycles. The zero-order valence-corrected chi connectivity index (χ0v) is 11.5. The number of nitriles is 1. The zero-order chi connectivity index (χ0) is 13.6. The van der Waals surface area contributed by atoms with Gasteiger partial charge in [0.25, 0.3) is 0 Å². The third-order valence-corrected chi connectivity index (χ3v) is 3.81. The van der Waals surface area contributed by atoms with Crippen molar-refractivity contribution in [1.82, 2.24) is 0 Å². The summed E-state index contributed by atoms with van der Waals surface area (Å²) in [6, 6.07) is 8.24. The Morgan fingerprint density at radius 3 is 2.61 bits per heavy atom. The van der Waals surface area contributed by atoms with Crippen LogP contribution in [0.15, 0.2) is 18.2 Å². The third-order valence-electron chi connectivity index (χ3n) is 3.81. The van der Waals surface area contributed by atoms with Crippen molar-refractivity contribution in [1.29, 1.82) is 5.26 Å². The lowest BCUT2D eigenvalue weighted by molar-refractivity contribution is 0.0847. The van der Waals surface area contributed by atoms with Gasteiger partial charge in [-0.15, -0.1) is 0 Å². The Morgan fingerprint density at radius 2 is 2.06 bits per heavy atom. The van der Waals surface area contributed by atoms with Gasteiger partial charge in [0.05, 0.1) is 6.07 Å². The van der Waals surface area contributed by atoms with Crippen LogP contribution in [0.2, 0.25) is 0 Å². The second kappa shape index (κ2) is 3.95. The molecule has 0 fully saturated rings. The molecule has 0 saturated heterocycles. The van der Waals surface area contributed by atoms with Crippen LogP contribution in [0.3, 0.4) is 0 Å². The van der Waals surface area contributed by atoms with Gasteiger partial charge in [-0.1, -0.05) is 45.9 Å². The summed E-state index contributed by atoms with van der Waals surface area (Å²) in [5, 5.41) is 8.87. The third kappa shape index (κ3) is 1.95. The summed E-state index contributed by atoms with van der Waals surface area (Å²) >= 11 is 0. The Bertz CT molecular complexity index is 545. The maximum atomic E-state index is 12.3. The molecule has 1 aliphatic rings. The van der Waals surface area contributed by atoms with Gasteiger partial charge in [-0.3, -0.25) is 4.79 Å². The maximum Gasteiger partial charge on any atom is 0.170 e. The highest BCUT2D eigenvalue weighted by molar-refractivity contribution is 6.04. The second-order valence-corrected chi connectivity index (χ2v) is 6.52. The smallest absolute Gasteiger partial charge is 0.170 e. The minimum absolute atomic E-state index is 0.0896. The Balaban J connectivity index is 2.45. The van der Waals surface area contributed by atoms with E-state index in [0.717, 1.165) is 11.1 Å². The number of Topliss-reactive ketones (excluding diaryl/α,β-unsaturated/α-hetero) is 1. The summed E-state index contributed by atoms with van der Waals surface area (Å²) < 4.78 is 0. The SMILES string of the molecule is CC1(CC#N)Cc2cc(C(C)(C)C)ccc2C1=O. The van der Waals surface area contributed by atoms with Gasteiger partial charge >= 0.3 is 0 Å². The van der Waals surface area contributed by atoms with Crippen molar-refractivity contribution in [2.24, 2.45) is 5.41 Å². The summed E-state index contributed by atoms with van der Waals surface area (Å²) in [5.41, 5.74) is 2.72. The van der Waals surface area contributed by atoms with Crippen molar-refractivity contribution in [2.75, 3.05) is 0 Å². The molecule has 1 atom stereocenters. The molecular formula is C16H19NO. The largest absolute Gasteiger partial charge is 0.294 e. The number of hydrogen-bond acceptors (Lipinski definition) is 2. The fourth-order valence-electron chi connectivity index (χ4n) is 2.57. The van der Waals surface area contributed by atoms with Crippen molar-refractivity contribution in [3.8, 4) is 6.07 Å². The first-order valence-corrected chi connectivity index (χ1v) is 6.33. The highest BCUT2D eigenvalue weighted by atomic mass is 16.1. The van der Waals surface area contributed by atoms with E-state index in [1.165, 1.54) is 5.56 Å². The van der Waals surface area contributed by atoms with E-state index in [4.69, 9.17) is 5.26 Å². The summed E-state index contributed by atoms with van der Waals surface area (Å²) in [6.07, 6.45) is 0.990. The molecule has 0 spiro atoms. The number of carbonyl (C=O) groups is 1. The van der Waals surface area contributed by atoms with Gasteiger partial charge in [-0.2, -0.15) is 5.26 Å². The molecular weight excluding hydrogens is 222 g/mol. The monoisotopic (exact) mass is 241 g/mol. The molecule has 2 heteroatoms. The van der Waals surface area contributed by atoms with E-state index in [1.54, 1.807) is 0 Å². The Labute approximate surface area is 109 Å². The Kier molecular flexibility index (Phi) is 2.81. The van der Waals surface area contributed by atoms with Crippen LogP contribution in [0.5, 0.6) is 0 Å². The number of ketones is 1. The minimum Gasteiger partial charge on any atom is -0.294 e. The topological polar surface area (TPSA) is 40.9 Å². The highest BCUT2D eigenvalue weighted by Gasteiger charge is 2.41. The average molecular weight is 241 g/mol. The van der Waals surface area contributed by atoms with Crippen molar-refractivity contribution >= 4 is 5.78 Å². The van der Waals surface area contributed by atoms with Gasteiger partial charge < -0.3 is 0 Å². The maximum absolute atomic E-state index is 12.3. The predicted molar refractivity (Wildman–Crippen MR) is 71.5 cm³/mol. The van der Waals surface area contributed by atoms with E-state index in [1.807, 2.05) is 19.1 Å². The van der Waals surface area contributed by atoms with Crippen LogP contribution in [-0.2, 0) is 11.8 Å². The van der Waals surface area contributed by atoms with Crippen molar-refractivity contribution < 1.29 is 4.79 Å². The normalized spacial score (nSPS) is 22.7. The lowest BCUT2D eigenvalue weighted by Crippen LogP contribution is -2.23. The van der Waals surface area contributed by atoms with Gasteiger partial charge in [0.1, 0.15) is 0 Å². The molecule has 2 nitrogen and oxygen atoms in total. The predicted octanol–water partition coefficient (Wildman–Crippen LogP) is 3.64.